The zero-order valence-corrected chi connectivity index (χ0v) is 21.1. The summed E-state index contributed by atoms with van der Waals surface area (Å²) in [4.78, 5) is 17.1. The summed E-state index contributed by atoms with van der Waals surface area (Å²) in [5, 5.41) is 9.25. The van der Waals surface area contributed by atoms with E-state index < -0.39 is 0 Å². The van der Waals surface area contributed by atoms with Gasteiger partial charge in [-0.2, -0.15) is 0 Å². The van der Waals surface area contributed by atoms with Gasteiger partial charge in [0.05, 0.1) is 13.2 Å². The van der Waals surface area contributed by atoms with Crippen LogP contribution in [-0.2, 0) is 18.2 Å². The molecular weight excluding hydrogens is 454 g/mol. The lowest BCUT2D eigenvalue weighted by molar-refractivity contribution is 0.160. The minimum absolute atomic E-state index is 0.254. The Morgan fingerprint density at radius 2 is 2.08 bits per heavy atom. The lowest BCUT2D eigenvalue weighted by Gasteiger charge is -2.23. The second kappa shape index (κ2) is 9.13. The van der Waals surface area contributed by atoms with Crippen molar-refractivity contribution in [2.45, 2.75) is 33.1 Å². The molecule has 4 aromatic rings. The standard InChI is InChI=1S/C27H31N7O2/c1-4-36-22-12-20(25-32-29-17-33(25)3)6-5-19(22)13-23-28-14-21-11-18(2)30-26(24(21)31-23)34-9-7-27(15-34)8-10-35-16-27/h5-6,11-12,14,17H,4,7-10,13,15-16H2,1-3H3. The number of nitrogens with zero attached hydrogens (tertiary/aromatic N) is 7. The molecule has 186 valence electrons. The predicted octanol–water partition coefficient (Wildman–Crippen LogP) is 3.74. The van der Waals surface area contributed by atoms with Crippen molar-refractivity contribution in [3.63, 3.8) is 0 Å². The van der Waals surface area contributed by atoms with Gasteiger partial charge in [-0.25, -0.2) is 15.0 Å². The van der Waals surface area contributed by atoms with Crippen LogP contribution < -0.4 is 9.64 Å². The van der Waals surface area contributed by atoms with Gasteiger partial charge in [0.25, 0.3) is 0 Å². The minimum atomic E-state index is 0.254. The summed E-state index contributed by atoms with van der Waals surface area (Å²) in [6.07, 6.45) is 6.45. The van der Waals surface area contributed by atoms with E-state index in [1.54, 1.807) is 6.33 Å². The van der Waals surface area contributed by atoms with Crippen LogP contribution in [0, 0.1) is 12.3 Å². The molecule has 0 bridgehead atoms. The summed E-state index contributed by atoms with van der Waals surface area (Å²) in [5.74, 6) is 3.32. The van der Waals surface area contributed by atoms with Crippen LogP contribution in [-0.4, -0.2) is 62.6 Å². The first-order valence-electron chi connectivity index (χ1n) is 12.6. The average Bonchev–Trinajstić information content (AvgIpc) is 3.62. The molecule has 36 heavy (non-hydrogen) atoms. The van der Waals surface area contributed by atoms with E-state index in [0.29, 0.717) is 13.0 Å². The number of hydrogen-bond acceptors (Lipinski definition) is 8. The molecule has 9 nitrogen and oxygen atoms in total. The average molecular weight is 486 g/mol. The third-order valence-corrected chi connectivity index (χ3v) is 7.33. The van der Waals surface area contributed by atoms with E-state index in [4.69, 9.17) is 24.4 Å². The SMILES string of the molecule is CCOc1cc(-c2nncn2C)ccc1Cc1ncc2cc(C)nc(N3CCC4(CCOC4)C3)c2n1. The fraction of sp³-hybridized carbons (Fsp3) is 0.444. The van der Waals surface area contributed by atoms with Gasteiger partial charge in [0.2, 0.25) is 0 Å². The molecule has 6 rings (SSSR count). The van der Waals surface area contributed by atoms with Crippen LogP contribution in [0.1, 0.15) is 36.8 Å². The van der Waals surface area contributed by atoms with Crippen molar-refractivity contribution >= 4 is 16.7 Å². The van der Waals surface area contributed by atoms with Crippen LogP contribution in [0.2, 0.25) is 0 Å². The maximum absolute atomic E-state index is 6.00. The van der Waals surface area contributed by atoms with Crippen molar-refractivity contribution in [2.24, 2.45) is 12.5 Å². The molecule has 3 aromatic heterocycles. The van der Waals surface area contributed by atoms with Gasteiger partial charge in [-0.1, -0.05) is 12.1 Å². The van der Waals surface area contributed by atoms with Crippen molar-refractivity contribution in [3.05, 3.63) is 53.9 Å². The maximum Gasteiger partial charge on any atom is 0.163 e. The summed E-state index contributed by atoms with van der Waals surface area (Å²) in [5.41, 5.74) is 4.14. The zero-order chi connectivity index (χ0) is 24.7. The molecule has 2 aliphatic rings. The number of hydrogen-bond donors (Lipinski definition) is 0. The van der Waals surface area contributed by atoms with Crippen molar-refractivity contribution < 1.29 is 9.47 Å². The minimum Gasteiger partial charge on any atom is -0.494 e. The first kappa shape index (κ1) is 22.8. The van der Waals surface area contributed by atoms with Crippen LogP contribution in [0.25, 0.3) is 22.3 Å². The van der Waals surface area contributed by atoms with Crippen LogP contribution in [0.5, 0.6) is 5.75 Å². The Labute approximate surface area is 210 Å². The van der Waals surface area contributed by atoms with E-state index >= 15 is 0 Å². The monoisotopic (exact) mass is 485 g/mol. The van der Waals surface area contributed by atoms with Crippen LogP contribution >= 0.6 is 0 Å². The molecule has 9 heteroatoms. The second-order valence-electron chi connectivity index (χ2n) is 9.98. The lowest BCUT2D eigenvalue weighted by atomic mass is 9.87. The van der Waals surface area contributed by atoms with Gasteiger partial charge >= 0.3 is 0 Å². The van der Waals surface area contributed by atoms with E-state index in [-0.39, 0.29) is 5.41 Å². The molecular formula is C27H31N7O2. The summed E-state index contributed by atoms with van der Waals surface area (Å²) in [7, 11) is 1.93. The summed E-state index contributed by atoms with van der Waals surface area (Å²) in [6.45, 7) is 8.25. The van der Waals surface area contributed by atoms with Gasteiger partial charge in [0.1, 0.15) is 23.4 Å². The van der Waals surface area contributed by atoms with Crippen molar-refractivity contribution in [1.29, 1.82) is 0 Å². The number of rotatable bonds is 6. The normalized spacial score (nSPS) is 19.6. The van der Waals surface area contributed by atoms with E-state index in [1.165, 1.54) is 0 Å². The molecule has 0 radical (unpaired) electrons. The first-order valence-corrected chi connectivity index (χ1v) is 12.6. The Morgan fingerprint density at radius 1 is 1.17 bits per heavy atom. The highest BCUT2D eigenvalue weighted by Crippen LogP contribution is 2.41. The predicted molar refractivity (Wildman–Crippen MR) is 137 cm³/mol. The van der Waals surface area contributed by atoms with Crippen molar-refractivity contribution in [3.8, 4) is 17.1 Å². The third-order valence-electron chi connectivity index (χ3n) is 7.33. The number of pyridine rings is 1. The van der Waals surface area contributed by atoms with Gasteiger partial charge in [0.15, 0.2) is 11.6 Å². The number of aryl methyl sites for hydroxylation is 2. The molecule has 2 fully saturated rings. The molecule has 1 unspecified atom stereocenters. The molecule has 2 aliphatic heterocycles. The van der Waals surface area contributed by atoms with Crippen LogP contribution in [0.4, 0.5) is 5.82 Å². The lowest BCUT2D eigenvalue weighted by Crippen LogP contribution is -2.28. The molecule has 5 heterocycles. The largest absolute Gasteiger partial charge is 0.494 e. The molecule has 0 amide bonds. The molecule has 0 saturated carbocycles. The molecule has 0 N–H and O–H groups in total. The van der Waals surface area contributed by atoms with Gasteiger partial charge in [-0.3, -0.25) is 0 Å². The Morgan fingerprint density at radius 3 is 2.86 bits per heavy atom. The van der Waals surface area contributed by atoms with Crippen molar-refractivity contribution in [1.82, 2.24) is 29.7 Å². The van der Waals surface area contributed by atoms with Crippen LogP contribution in [0.3, 0.4) is 0 Å². The molecule has 0 aliphatic carbocycles. The van der Waals surface area contributed by atoms with Crippen LogP contribution in [0.15, 0.2) is 36.8 Å². The Hall–Kier alpha value is -3.59. The fourth-order valence-electron chi connectivity index (χ4n) is 5.43. The zero-order valence-electron chi connectivity index (χ0n) is 21.1. The first-order chi connectivity index (χ1) is 17.5. The number of aromatic nitrogens is 6. The van der Waals surface area contributed by atoms with Gasteiger partial charge in [0, 0.05) is 67.0 Å². The van der Waals surface area contributed by atoms with E-state index in [0.717, 1.165) is 90.1 Å². The topological polar surface area (TPSA) is 91.1 Å². The number of benzene rings is 1. The quantitative estimate of drug-likeness (QED) is 0.408. The smallest absolute Gasteiger partial charge is 0.163 e. The molecule has 1 spiro atoms. The second-order valence-corrected chi connectivity index (χ2v) is 9.98. The maximum atomic E-state index is 6.00. The highest BCUT2D eigenvalue weighted by atomic mass is 16.5. The summed E-state index contributed by atoms with van der Waals surface area (Å²) >= 11 is 0. The van der Waals surface area contributed by atoms with E-state index in [9.17, 15) is 0 Å². The number of anilines is 1. The molecule has 2 saturated heterocycles. The third kappa shape index (κ3) is 4.17. The van der Waals surface area contributed by atoms with E-state index in [2.05, 4.69) is 27.2 Å². The fourth-order valence-corrected chi connectivity index (χ4v) is 5.43. The summed E-state index contributed by atoms with van der Waals surface area (Å²) < 4.78 is 13.6. The van der Waals surface area contributed by atoms with Gasteiger partial charge < -0.3 is 18.9 Å². The van der Waals surface area contributed by atoms with Crippen molar-refractivity contribution in [2.75, 3.05) is 37.8 Å². The number of fused-ring (bicyclic) bond motifs is 1. The Kier molecular flexibility index (Phi) is 5.79. The van der Waals surface area contributed by atoms with Gasteiger partial charge in [-0.05, 0) is 38.8 Å². The molecule has 1 aromatic carbocycles. The number of ether oxygens (including phenoxy) is 2. The van der Waals surface area contributed by atoms with E-state index in [1.807, 2.05) is 43.8 Å². The molecule has 1 atom stereocenters. The van der Waals surface area contributed by atoms with Gasteiger partial charge in [-0.15, -0.1) is 10.2 Å². The summed E-state index contributed by atoms with van der Waals surface area (Å²) in [6, 6.07) is 8.20. The highest BCUT2D eigenvalue weighted by Gasteiger charge is 2.42. The Balaban J connectivity index is 1.34. The highest BCUT2D eigenvalue weighted by molar-refractivity contribution is 5.88. The Bertz CT molecular complexity index is 1410.